The number of nitrogens with zero attached hydrogens (tertiary/aromatic N) is 1. The summed E-state index contributed by atoms with van der Waals surface area (Å²) < 4.78 is 15.6. The SMILES string of the molecule is COc1cc(NCC(=O)N2CCOCC2)cc(OC)c1. The Bertz CT molecular complexity index is 436. The van der Waals surface area contributed by atoms with E-state index in [9.17, 15) is 4.79 Å². The Labute approximate surface area is 118 Å². The molecule has 1 saturated heterocycles. The Morgan fingerprint density at radius 1 is 1.20 bits per heavy atom. The van der Waals surface area contributed by atoms with Gasteiger partial charge in [0.05, 0.1) is 34.0 Å². The van der Waals surface area contributed by atoms with Crippen molar-refractivity contribution in [3.63, 3.8) is 0 Å². The van der Waals surface area contributed by atoms with E-state index in [1.165, 1.54) is 0 Å². The number of nitrogens with one attached hydrogen (secondary N) is 1. The van der Waals surface area contributed by atoms with Crippen LogP contribution in [0.5, 0.6) is 11.5 Å². The summed E-state index contributed by atoms with van der Waals surface area (Å²) in [7, 11) is 3.19. The van der Waals surface area contributed by atoms with Crippen LogP contribution in [0.25, 0.3) is 0 Å². The van der Waals surface area contributed by atoms with Crippen molar-refractivity contribution in [2.75, 3.05) is 52.4 Å². The minimum Gasteiger partial charge on any atom is -0.497 e. The van der Waals surface area contributed by atoms with E-state index < -0.39 is 0 Å². The molecule has 6 heteroatoms. The normalized spacial score (nSPS) is 14.8. The first kappa shape index (κ1) is 14.5. The molecule has 2 rings (SSSR count). The molecule has 0 aromatic heterocycles. The number of amides is 1. The highest BCUT2D eigenvalue weighted by molar-refractivity contribution is 5.81. The molecule has 1 aromatic rings. The summed E-state index contributed by atoms with van der Waals surface area (Å²) in [5.74, 6) is 1.44. The lowest BCUT2D eigenvalue weighted by atomic mass is 10.2. The molecular weight excluding hydrogens is 260 g/mol. The third-order valence-corrected chi connectivity index (χ3v) is 3.16. The van der Waals surface area contributed by atoms with E-state index in [-0.39, 0.29) is 12.5 Å². The molecule has 0 saturated carbocycles. The van der Waals surface area contributed by atoms with Crippen LogP contribution >= 0.6 is 0 Å². The molecule has 0 bridgehead atoms. The smallest absolute Gasteiger partial charge is 0.242 e. The number of hydrogen-bond acceptors (Lipinski definition) is 5. The Kier molecular flexibility index (Phi) is 5.06. The molecule has 0 spiro atoms. The second-order valence-corrected chi connectivity index (χ2v) is 4.45. The van der Waals surface area contributed by atoms with Crippen LogP contribution in [0.2, 0.25) is 0 Å². The van der Waals surface area contributed by atoms with E-state index in [4.69, 9.17) is 14.2 Å². The first-order chi connectivity index (χ1) is 9.72. The van der Waals surface area contributed by atoms with Crippen LogP contribution in [0.1, 0.15) is 0 Å². The zero-order valence-electron chi connectivity index (χ0n) is 11.8. The molecule has 0 atom stereocenters. The first-order valence-electron chi connectivity index (χ1n) is 6.55. The van der Waals surface area contributed by atoms with Crippen LogP contribution in [0.3, 0.4) is 0 Å². The monoisotopic (exact) mass is 280 g/mol. The van der Waals surface area contributed by atoms with Gasteiger partial charge < -0.3 is 24.4 Å². The van der Waals surface area contributed by atoms with Crippen LogP contribution in [-0.2, 0) is 9.53 Å². The third-order valence-electron chi connectivity index (χ3n) is 3.16. The average Bonchev–Trinajstić information content (AvgIpc) is 2.53. The summed E-state index contributed by atoms with van der Waals surface area (Å²) in [6.07, 6.45) is 0. The van der Waals surface area contributed by atoms with Gasteiger partial charge in [0.1, 0.15) is 11.5 Å². The maximum atomic E-state index is 12.0. The Balaban J connectivity index is 1.94. The molecule has 20 heavy (non-hydrogen) atoms. The Morgan fingerprint density at radius 3 is 2.35 bits per heavy atom. The number of methoxy groups -OCH3 is 2. The molecule has 1 aliphatic heterocycles. The van der Waals surface area contributed by atoms with Gasteiger partial charge in [-0.25, -0.2) is 0 Å². The topological polar surface area (TPSA) is 60.0 Å². The highest BCUT2D eigenvalue weighted by Gasteiger charge is 2.16. The summed E-state index contributed by atoms with van der Waals surface area (Å²) in [4.78, 5) is 13.8. The van der Waals surface area contributed by atoms with Gasteiger partial charge in [0.15, 0.2) is 0 Å². The van der Waals surface area contributed by atoms with Gasteiger partial charge in [-0.1, -0.05) is 0 Å². The zero-order valence-corrected chi connectivity index (χ0v) is 11.8. The largest absolute Gasteiger partial charge is 0.497 e. The fraction of sp³-hybridized carbons (Fsp3) is 0.500. The molecule has 0 radical (unpaired) electrons. The summed E-state index contributed by atoms with van der Waals surface area (Å²) in [5.41, 5.74) is 0.794. The number of benzene rings is 1. The molecular formula is C14H20N2O4. The van der Waals surface area contributed by atoms with Crippen molar-refractivity contribution >= 4 is 11.6 Å². The van der Waals surface area contributed by atoms with Gasteiger partial charge in [-0.2, -0.15) is 0 Å². The standard InChI is InChI=1S/C14H20N2O4/c1-18-12-7-11(8-13(9-12)19-2)15-10-14(17)16-3-5-20-6-4-16/h7-9,15H,3-6,10H2,1-2H3. The number of carbonyl (C=O) groups is 1. The van der Waals surface area contributed by atoms with Gasteiger partial charge in [0.25, 0.3) is 0 Å². The van der Waals surface area contributed by atoms with Crippen LogP contribution in [0.15, 0.2) is 18.2 Å². The summed E-state index contributed by atoms with van der Waals surface area (Å²) in [5, 5.41) is 3.10. The van der Waals surface area contributed by atoms with E-state index in [1.807, 2.05) is 12.1 Å². The van der Waals surface area contributed by atoms with Gasteiger partial charge in [-0.3, -0.25) is 4.79 Å². The number of anilines is 1. The Morgan fingerprint density at radius 2 is 1.80 bits per heavy atom. The summed E-state index contributed by atoms with van der Waals surface area (Å²) in [6.45, 7) is 2.78. The molecule has 0 aliphatic carbocycles. The van der Waals surface area contributed by atoms with E-state index in [0.717, 1.165) is 5.69 Å². The fourth-order valence-electron chi connectivity index (χ4n) is 2.01. The lowest BCUT2D eigenvalue weighted by molar-refractivity contribution is -0.133. The van der Waals surface area contributed by atoms with Crippen LogP contribution in [-0.4, -0.2) is 57.9 Å². The van der Waals surface area contributed by atoms with Crippen molar-refractivity contribution < 1.29 is 19.0 Å². The van der Waals surface area contributed by atoms with Gasteiger partial charge in [0.2, 0.25) is 5.91 Å². The second kappa shape index (κ2) is 7.00. The lowest BCUT2D eigenvalue weighted by Crippen LogP contribution is -2.43. The molecule has 0 unspecified atom stereocenters. The van der Waals surface area contributed by atoms with Crippen LogP contribution in [0.4, 0.5) is 5.69 Å². The number of rotatable bonds is 5. The molecule has 110 valence electrons. The van der Waals surface area contributed by atoms with Crippen molar-refractivity contribution in [3.8, 4) is 11.5 Å². The van der Waals surface area contributed by atoms with E-state index in [0.29, 0.717) is 37.8 Å². The maximum Gasteiger partial charge on any atom is 0.242 e. The average molecular weight is 280 g/mol. The van der Waals surface area contributed by atoms with E-state index in [1.54, 1.807) is 25.2 Å². The molecule has 1 N–H and O–H groups in total. The highest BCUT2D eigenvalue weighted by Crippen LogP contribution is 2.25. The first-order valence-corrected chi connectivity index (χ1v) is 6.55. The van der Waals surface area contributed by atoms with Crippen molar-refractivity contribution in [3.05, 3.63) is 18.2 Å². The van der Waals surface area contributed by atoms with E-state index in [2.05, 4.69) is 5.32 Å². The van der Waals surface area contributed by atoms with Gasteiger partial charge in [-0.05, 0) is 0 Å². The molecule has 1 fully saturated rings. The zero-order chi connectivity index (χ0) is 14.4. The molecule has 1 amide bonds. The van der Waals surface area contributed by atoms with Gasteiger partial charge in [-0.15, -0.1) is 0 Å². The molecule has 1 heterocycles. The van der Waals surface area contributed by atoms with Crippen molar-refractivity contribution in [1.82, 2.24) is 4.90 Å². The molecule has 6 nitrogen and oxygen atoms in total. The summed E-state index contributed by atoms with van der Waals surface area (Å²) >= 11 is 0. The quantitative estimate of drug-likeness (QED) is 0.871. The molecule has 1 aliphatic rings. The minimum atomic E-state index is 0.0649. The Hall–Kier alpha value is -1.95. The minimum absolute atomic E-state index is 0.0649. The van der Waals surface area contributed by atoms with Crippen molar-refractivity contribution in [2.24, 2.45) is 0 Å². The second-order valence-electron chi connectivity index (χ2n) is 4.45. The fourth-order valence-corrected chi connectivity index (χ4v) is 2.01. The molecule has 1 aromatic carbocycles. The maximum absolute atomic E-state index is 12.0. The van der Waals surface area contributed by atoms with Crippen molar-refractivity contribution in [2.45, 2.75) is 0 Å². The predicted octanol–water partition coefficient (Wildman–Crippen LogP) is 0.974. The van der Waals surface area contributed by atoms with Gasteiger partial charge in [0, 0.05) is 37.0 Å². The predicted molar refractivity (Wildman–Crippen MR) is 75.4 cm³/mol. The van der Waals surface area contributed by atoms with Gasteiger partial charge >= 0.3 is 0 Å². The number of carbonyl (C=O) groups excluding carboxylic acids is 1. The van der Waals surface area contributed by atoms with Crippen LogP contribution in [0, 0.1) is 0 Å². The summed E-state index contributed by atoms with van der Waals surface area (Å²) in [6, 6.07) is 5.44. The van der Waals surface area contributed by atoms with Crippen LogP contribution < -0.4 is 14.8 Å². The van der Waals surface area contributed by atoms with E-state index >= 15 is 0 Å². The lowest BCUT2D eigenvalue weighted by Gasteiger charge is -2.27. The van der Waals surface area contributed by atoms with Crippen molar-refractivity contribution in [1.29, 1.82) is 0 Å². The third kappa shape index (κ3) is 3.77. The highest BCUT2D eigenvalue weighted by atomic mass is 16.5. The number of ether oxygens (including phenoxy) is 3. The number of morpholine rings is 1. The number of hydrogen-bond donors (Lipinski definition) is 1.